The van der Waals surface area contributed by atoms with Crippen LogP contribution in [0.25, 0.3) is 0 Å². The second kappa shape index (κ2) is 13.3. The number of hydrogen-bond donors (Lipinski definition) is 3. The fourth-order valence-corrected chi connectivity index (χ4v) is 4.73. The van der Waals surface area contributed by atoms with Crippen LogP contribution in [0.3, 0.4) is 0 Å². The first-order valence-electron chi connectivity index (χ1n) is 12.8. The number of carbonyl (C=O) groups excluding carboxylic acids is 2. The van der Waals surface area contributed by atoms with E-state index in [1.165, 1.54) is 5.57 Å². The number of aliphatic hydroxyl groups excluding tert-OH is 2. The SMILES string of the molecule is C=C1C[C@H](C)CC(=O)NCCCCC(=O)O[C@H]([C@@H](O)C=C[C@@H]2CC(C)=CCO2)C[C@@H]2O[C@H]2[C@@H](O)C1. The van der Waals surface area contributed by atoms with Gasteiger partial charge in [0.15, 0.2) is 0 Å². The van der Waals surface area contributed by atoms with Gasteiger partial charge in [0.25, 0.3) is 0 Å². The Hall–Kier alpha value is -2.00. The molecule has 196 valence electrons. The van der Waals surface area contributed by atoms with Crippen LogP contribution < -0.4 is 5.32 Å². The molecule has 7 atom stereocenters. The van der Waals surface area contributed by atoms with Gasteiger partial charge in [-0.2, -0.15) is 0 Å². The molecule has 0 aromatic heterocycles. The highest BCUT2D eigenvalue weighted by Crippen LogP contribution is 2.34. The number of fused-ring (bicyclic) bond motifs is 1. The lowest BCUT2D eigenvalue weighted by atomic mass is 9.93. The third kappa shape index (κ3) is 9.52. The Morgan fingerprint density at radius 1 is 1.20 bits per heavy atom. The predicted molar refractivity (Wildman–Crippen MR) is 131 cm³/mol. The first-order chi connectivity index (χ1) is 16.7. The summed E-state index contributed by atoms with van der Waals surface area (Å²) in [5, 5.41) is 24.4. The number of amides is 1. The van der Waals surface area contributed by atoms with E-state index in [-0.39, 0.29) is 30.5 Å². The van der Waals surface area contributed by atoms with Gasteiger partial charge in [-0.3, -0.25) is 9.59 Å². The van der Waals surface area contributed by atoms with Crippen molar-refractivity contribution >= 4 is 11.9 Å². The lowest BCUT2D eigenvalue weighted by Crippen LogP contribution is -2.33. The van der Waals surface area contributed by atoms with Gasteiger partial charge in [0, 0.05) is 25.8 Å². The van der Waals surface area contributed by atoms with Crippen LogP contribution in [0.5, 0.6) is 0 Å². The first-order valence-corrected chi connectivity index (χ1v) is 12.8. The normalized spacial score (nSPS) is 35.2. The number of ether oxygens (including phenoxy) is 3. The molecule has 3 heterocycles. The van der Waals surface area contributed by atoms with Crippen LogP contribution in [0.1, 0.15) is 65.2 Å². The summed E-state index contributed by atoms with van der Waals surface area (Å²) in [7, 11) is 0. The van der Waals surface area contributed by atoms with E-state index < -0.39 is 30.4 Å². The molecule has 0 aliphatic carbocycles. The molecule has 2 saturated heterocycles. The largest absolute Gasteiger partial charge is 0.459 e. The minimum Gasteiger partial charge on any atom is -0.459 e. The molecule has 1 amide bonds. The lowest BCUT2D eigenvalue weighted by Gasteiger charge is -2.23. The number of aliphatic hydroxyl groups is 2. The molecule has 0 bridgehead atoms. The van der Waals surface area contributed by atoms with Gasteiger partial charge < -0.3 is 29.7 Å². The Labute approximate surface area is 208 Å². The summed E-state index contributed by atoms with van der Waals surface area (Å²) in [6.07, 6.45) is 6.03. The van der Waals surface area contributed by atoms with Crippen molar-refractivity contribution in [2.75, 3.05) is 13.2 Å². The number of carbonyl (C=O) groups is 2. The maximum absolute atomic E-state index is 12.5. The van der Waals surface area contributed by atoms with Crippen molar-refractivity contribution in [3.63, 3.8) is 0 Å². The summed E-state index contributed by atoms with van der Waals surface area (Å²) in [6, 6.07) is 0. The van der Waals surface area contributed by atoms with Crippen LogP contribution in [-0.2, 0) is 23.8 Å². The van der Waals surface area contributed by atoms with E-state index in [0.717, 1.165) is 12.0 Å². The van der Waals surface area contributed by atoms with E-state index in [1.54, 1.807) is 6.08 Å². The van der Waals surface area contributed by atoms with E-state index in [9.17, 15) is 19.8 Å². The van der Waals surface area contributed by atoms with Crippen molar-refractivity contribution in [3.05, 3.63) is 36.0 Å². The second-order valence-corrected chi connectivity index (χ2v) is 10.2. The molecule has 0 unspecified atom stereocenters. The van der Waals surface area contributed by atoms with E-state index >= 15 is 0 Å². The van der Waals surface area contributed by atoms with Crippen molar-refractivity contribution in [2.45, 2.75) is 102 Å². The average Bonchev–Trinajstić information content (AvgIpc) is 3.55. The number of hydrogen-bond acceptors (Lipinski definition) is 7. The van der Waals surface area contributed by atoms with Crippen LogP contribution in [0, 0.1) is 5.92 Å². The molecule has 8 nitrogen and oxygen atoms in total. The first kappa shape index (κ1) is 27.6. The molecule has 3 rings (SSSR count). The Morgan fingerprint density at radius 2 is 2.00 bits per heavy atom. The monoisotopic (exact) mass is 491 g/mol. The van der Waals surface area contributed by atoms with Gasteiger partial charge in [-0.25, -0.2) is 0 Å². The summed E-state index contributed by atoms with van der Waals surface area (Å²) < 4.78 is 17.0. The molecule has 3 N–H and O–H groups in total. The van der Waals surface area contributed by atoms with Crippen LogP contribution >= 0.6 is 0 Å². The number of nitrogens with one attached hydrogen (secondary N) is 1. The van der Waals surface area contributed by atoms with Crippen molar-refractivity contribution in [2.24, 2.45) is 5.92 Å². The smallest absolute Gasteiger partial charge is 0.306 e. The fraction of sp³-hybridized carbons (Fsp3) is 0.704. The van der Waals surface area contributed by atoms with Crippen molar-refractivity contribution in [1.29, 1.82) is 0 Å². The molecule has 0 aromatic carbocycles. The molecular formula is C27H41NO7. The molecule has 0 radical (unpaired) electrons. The highest BCUT2D eigenvalue weighted by Gasteiger charge is 2.46. The molecule has 0 saturated carbocycles. The third-order valence-electron chi connectivity index (χ3n) is 6.72. The van der Waals surface area contributed by atoms with E-state index in [4.69, 9.17) is 14.2 Å². The molecule has 35 heavy (non-hydrogen) atoms. The zero-order valence-electron chi connectivity index (χ0n) is 21.0. The maximum Gasteiger partial charge on any atom is 0.306 e. The quantitative estimate of drug-likeness (QED) is 0.316. The molecule has 0 aromatic rings. The average molecular weight is 492 g/mol. The molecular weight excluding hydrogens is 450 g/mol. The summed E-state index contributed by atoms with van der Waals surface area (Å²) >= 11 is 0. The standard InChI is InChI=1S/C27H41NO7/c1-17-9-11-33-20(13-17)7-8-21(29)23-16-24-27(35-24)22(30)14-18(2)12-19(3)15-25(31)28-10-5-4-6-26(32)34-23/h7-9,19-24,27,29-30H,2,4-6,10-16H2,1,3H3,(H,28,31)/t19-,20+,21-,22-,23-,24-,27-/m0/s1. The van der Waals surface area contributed by atoms with Gasteiger partial charge in [-0.1, -0.05) is 42.9 Å². The van der Waals surface area contributed by atoms with Gasteiger partial charge in [0.2, 0.25) is 5.91 Å². The van der Waals surface area contributed by atoms with Gasteiger partial charge in [0.1, 0.15) is 18.3 Å². The minimum atomic E-state index is -1.02. The van der Waals surface area contributed by atoms with E-state index in [0.29, 0.717) is 51.7 Å². The number of cyclic esters (lactones) is 1. The third-order valence-corrected chi connectivity index (χ3v) is 6.72. The minimum absolute atomic E-state index is 0.0252. The lowest BCUT2D eigenvalue weighted by molar-refractivity contribution is -0.154. The highest BCUT2D eigenvalue weighted by molar-refractivity contribution is 5.76. The predicted octanol–water partition coefficient (Wildman–Crippen LogP) is 2.73. The van der Waals surface area contributed by atoms with Crippen LogP contribution in [0.15, 0.2) is 36.0 Å². The van der Waals surface area contributed by atoms with E-state index in [2.05, 4.69) is 11.9 Å². The van der Waals surface area contributed by atoms with Crippen LogP contribution in [0.4, 0.5) is 0 Å². The Morgan fingerprint density at radius 3 is 2.77 bits per heavy atom. The highest BCUT2D eigenvalue weighted by atomic mass is 16.6. The van der Waals surface area contributed by atoms with Crippen molar-refractivity contribution < 1.29 is 34.0 Å². The molecule has 0 spiro atoms. The second-order valence-electron chi connectivity index (χ2n) is 10.2. The van der Waals surface area contributed by atoms with Crippen molar-refractivity contribution in [3.8, 4) is 0 Å². The molecule has 2 fully saturated rings. The fourth-order valence-electron chi connectivity index (χ4n) is 4.73. The molecule has 3 aliphatic heterocycles. The van der Waals surface area contributed by atoms with Crippen LogP contribution in [0.2, 0.25) is 0 Å². The summed E-state index contributed by atoms with van der Waals surface area (Å²) in [5.41, 5.74) is 2.11. The van der Waals surface area contributed by atoms with E-state index in [1.807, 2.05) is 26.0 Å². The topological polar surface area (TPSA) is 118 Å². The van der Waals surface area contributed by atoms with Crippen LogP contribution in [-0.4, -0.2) is 71.9 Å². The van der Waals surface area contributed by atoms with Gasteiger partial charge in [0.05, 0.1) is 24.9 Å². The van der Waals surface area contributed by atoms with Gasteiger partial charge in [-0.15, -0.1) is 0 Å². The van der Waals surface area contributed by atoms with Gasteiger partial charge in [-0.05, 0) is 44.9 Å². The molecule has 3 aliphatic rings. The number of esters is 1. The Kier molecular flexibility index (Phi) is 10.5. The van der Waals surface area contributed by atoms with Crippen molar-refractivity contribution in [1.82, 2.24) is 5.32 Å². The number of epoxide rings is 1. The Bertz CT molecular complexity index is 807. The summed E-state index contributed by atoms with van der Waals surface area (Å²) in [6.45, 7) is 9.15. The summed E-state index contributed by atoms with van der Waals surface area (Å²) in [4.78, 5) is 24.6. The van der Waals surface area contributed by atoms with Gasteiger partial charge >= 0.3 is 5.97 Å². The molecule has 8 heteroatoms. The summed E-state index contributed by atoms with van der Waals surface area (Å²) in [5.74, 6) is -0.303. The maximum atomic E-state index is 12.5. The Balaban J connectivity index is 1.63. The number of rotatable bonds is 3. The zero-order chi connectivity index (χ0) is 25.4. The zero-order valence-corrected chi connectivity index (χ0v) is 21.0.